The number of carbonyl (C=O) groups excluding carboxylic acids is 1. The molecule has 0 atom stereocenters. The van der Waals surface area contributed by atoms with E-state index in [1.165, 1.54) is 17.3 Å². The van der Waals surface area contributed by atoms with Crippen molar-refractivity contribution in [1.82, 2.24) is 15.1 Å². The molecule has 1 N–H and O–H groups in total. The Bertz CT molecular complexity index is 380. The highest BCUT2D eigenvalue weighted by atomic mass is 19.4. The third-order valence-corrected chi connectivity index (χ3v) is 2.99. The number of amides is 1. The monoisotopic (exact) mass is 247 g/mol. The smallest absolute Gasteiger partial charge is 0.339 e. The second-order valence-corrected chi connectivity index (χ2v) is 4.10. The maximum absolute atomic E-state index is 12.4. The molecule has 0 aliphatic carbocycles. The molecule has 0 unspecified atom stereocenters. The largest absolute Gasteiger partial charge is 0.391 e. The number of alkyl halides is 3. The van der Waals surface area contributed by atoms with Gasteiger partial charge in [-0.25, -0.2) is 0 Å². The van der Waals surface area contributed by atoms with E-state index in [0.29, 0.717) is 5.56 Å². The third-order valence-electron chi connectivity index (χ3n) is 2.99. The van der Waals surface area contributed by atoms with Crippen LogP contribution < -0.4 is 0 Å². The molecule has 17 heavy (non-hydrogen) atoms. The first-order valence-corrected chi connectivity index (χ1v) is 5.33. The van der Waals surface area contributed by atoms with Gasteiger partial charge in [0.15, 0.2) is 0 Å². The van der Waals surface area contributed by atoms with E-state index in [1.807, 2.05) is 0 Å². The van der Waals surface area contributed by atoms with Crippen molar-refractivity contribution in [2.75, 3.05) is 13.1 Å². The van der Waals surface area contributed by atoms with Gasteiger partial charge in [0, 0.05) is 19.3 Å². The molecule has 0 spiro atoms. The van der Waals surface area contributed by atoms with Crippen LogP contribution in [0.25, 0.3) is 0 Å². The van der Waals surface area contributed by atoms with Gasteiger partial charge in [-0.1, -0.05) is 0 Å². The summed E-state index contributed by atoms with van der Waals surface area (Å²) in [5, 5.41) is 6.15. The van der Waals surface area contributed by atoms with Crippen LogP contribution in [0.1, 0.15) is 23.2 Å². The molecule has 0 bridgehead atoms. The molecule has 1 amide bonds. The van der Waals surface area contributed by atoms with Crippen molar-refractivity contribution >= 4 is 5.91 Å². The minimum absolute atomic E-state index is 0.0207. The van der Waals surface area contributed by atoms with E-state index in [1.54, 1.807) is 0 Å². The van der Waals surface area contributed by atoms with E-state index in [2.05, 4.69) is 10.2 Å². The van der Waals surface area contributed by atoms with Crippen LogP contribution in [0.2, 0.25) is 0 Å². The molecule has 0 aromatic carbocycles. The first-order chi connectivity index (χ1) is 7.98. The SMILES string of the molecule is O=C(c1cn[nH]c1)N1CCC(C(F)(F)F)CC1. The van der Waals surface area contributed by atoms with E-state index in [4.69, 9.17) is 0 Å². The molecule has 1 fully saturated rings. The predicted octanol–water partition coefficient (Wildman–Crippen LogP) is 1.82. The van der Waals surface area contributed by atoms with Crippen LogP contribution in [0.5, 0.6) is 0 Å². The Labute approximate surface area is 95.8 Å². The third kappa shape index (κ3) is 2.59. The van der Waals surface area contributed by atoms with Gasteiger partial charge >= 0.3 is 6.18 Å². The number of hydrogen-bond acceptors (Lipinski definition) is 2. The topological polar surface area (TPSA) is 49.0 Å². The molecule has 1 aliphatic rings. The average Bonchev–Trinajstić information content (AvgIpc) is 2.80. The summed E-state index contributed by atoms with van der Waals surface area (Å²) in [7, 11) is 0. The van der Waals surface area contributed by atoms with Crippen LogP contribution in [-0.2, 0) is 0 Å². The lowest BCUT2D eigenvalue weighted by atomic mass is 9.96. The fourth-order valence-electron chi connectivity index (χ4n) is 1.96. The van der Waals surface area contributed by atoms with Crippen LogP contribution in [0, 0.1) is 5.92 Å². The molecule has 7 heteroatoms. The van der Waals surface area contributed by atoms with Gasteiger partial charge in [-0.3, -0.25) is 9.89 Å². The Morgan fingerprint density at radius 3 is 2.53 bits per heavy atom. The summed E-state index contributed by atoms with van der Waals surface area (Å²) in [5.41, 5.74) is 0.385. The summed E-state index contributed by atoms with van der Waals surface area (Å²) in [4.78, 5) is 13.2. The zero-order valence-corrected chi connectivity index (χ0v) is 9.00. The summed E-state index contributed by atoms with van der Waals surface area (Å²) in [5.74, 6) is -1.55. The number of H-pyrrole nitrogens is 1. The summed E-state index contributed by atoms with van der Waals surface area (Å²) >= 11 is 0. The summed E-state index contributed by atoms with van der Waals surface area (Å²) in [6.07, 6.45) is -1.37. The minimum Gasteiger partial charge on any atom is -0.339 e. The molecule has 2 heterocycles. The van der Waals surface area contributed by atoms with Crippen molar-refractivity contribution < 1.29 is 18.0 Å². The highest BCUT2D eigenvalue weighted by Crippen LogP contribution is 2.34. The highest BCUT2D eigenvalue weighted by molar-refractivity contribution is 5.93. The lowest BCUT2D eigenvalue weighted by Crippen LogP contribution is -2.42. The zero-order chi connectivity index (χ0) is 12.5. The van der Waals surface area contributed by atoms with Crippen molar-refractivity contribution in [3.63, 3.8) is 0 Å². The number of aromatic nitrogens is 2. The number of piperidine rings is 1. The molecular weight excluding hydrogens is 235 g/mol. The molecule has 1 aliphatic heterocycles. The normalized spacial score (nSPS) is 18.4. The second kappa shape index (κ2) is 4.38. The number of rotatable bonds is 1. The Kier molecular flexibility index (Phi) is 3.08. The van der Waals surface area contributed by atoms with E-state index >= 15 is 0 Å². The van der Waals surface area contributed by atoms with Crippen LogP contribution in [-0.4, -0.2) is 40.3 Å². The average molecular weight is 247 g/mol. The zero-order valence-electron chi connectivity index (χ0n) is 9.00. The highest BCUT2D eigenvalue weighted by Gasteiger charge is 2.41. The lowest BCUT2D eigenvalue weighted by molar-refractivity contribution is -0.183. The first kappa shape index (κ1) is 11.9. The molecule has 0 radical (unpaired) electrons. The summed E-state index contributed by atoms with van der Waals surface area (Å²) in [6, 6.07) is 0. The van der Waals surface area contributed by atoms with Gasteiger partial charge in [-0.05, 0) is 12.8 Å². The maximum Gasteiger partial charge on any atom is 0.391 e. The van der Waals surface area contributed by atoms with Gasteiger partial charge in [-0.15, -0.1) is 0 Å². The van der Waals surface area contributed by atoms with Gasteiger partial charge in [0.25, 0.3) is 5.91 Å². The fraction of sp³-hybridized carbons (Fsp3) is 0.600. The Morgan fingerprint density at radius 1 is 1.41 bits per heavy atom. The summed E-state index contributed by atoms with van der Waals surface area (Å²) < 4.78 is 37.3. The van der Waals surface area contributed by atoms with Crippen molar-refractivity contribution in [2.45, 2.75) is 19.0 Å². The molecule has 2 rings (SSSR count). The van der Waals surface area contributed by atoms with Crippen molar-refractivity contribution in [3.05, 3.63) is 18.0 Å². The quantitative estimate of drug-likeness (QED) is 0.823. The van der Waals surface area contributed by atoms with Crippen LogP contribution in [0.3, 0.4) is 0 Å². The molecular formula is C10H12F3N3O. The van der Waals surface area contributed by atoms with Gasteiger partial charge in [-0.2, -0.15) is 18.3 Å². The van der Waals surface area contributed by atoms with E-state index in [-0.39, 0.29) is 31.8 Å². The molecule has 1 aromatic rings. The number of likely N-dealkylation sites (tertiary alicyclic amines) is 1. The Balaban J connectivity index is 1.94. The Hall–Kier alpha value is -1.53. The fourth-order valence-corrected chi connectivity index (χ4v) is 1.96. The number of nitrogens with one attached hydrogen (secondary N) is 1. The number of carbonyl (C=O) groups is 1. The molecule has 94 valence electrons. The van der Waals surface area contributed by atoms with Crippen LogP contribution in [0.15, 0.2) is 12.4 Å². The van der Waals surface area contributed by atoms with Gasteiger partial charge in [0.1, 0.15) is 0 Å². The van der Waals surface area contributed by atoms with E-state index < -0.39 is 12.1 Å². The Morgan fingerprint density at radius 2 is 2.06 bits per heavy atom. The molecule has 0 saturated carbocycles. The number of halogens is 3. The lowest BCUT2D eigenvalue weighted by Gasteiger charge is -2.32. The minimum atomic E-state index is -4.15. The van der Waals surface area contributed by atoms with Crippen molar-refractivity contribution in [1.29, 1.82) is 0 Å². The van der Waals surface area contributed by atoms with Gasteiger partial charge in [0.05, 0.1) is 17.7 Å². The maximum atomic E-state index is 12.4. The molecule has 1 saturated heterocycles. The van der Waals surface area contributed by atoms with Gasteiger partial charge < -0.3 is 4.90 Å². The predicted molar refractivity (Wildman–Crippen MR) is 53.3 cm³/mol. The van der Waals surface area contributed by atoms with Crippen molar-refractivity contribution in [2.24, 2.45) is 5.92 Å². The second-order valence-electron chi connectivity index (χ2n) is 4.10. The number of hydrogen-bond donors (Lipinski definition) is 1. The van der Waals surface area contributed by atoms with Crippen molar-refractivity contribution in [3.8, 4) is 0 Å². The number of nitrogens with zero attached hydrogens (tertiary/aromatic N) is 2. The van der Waals surface area contributed by atoms with E-state index in [0.717, 1.165) is 0 Å². The standard InChI is InChI=1S/C10H12F3N3O/c11-10(12,13)8-1-3-16(4-2-8)9(17)7-5-14-15-6-7/h5-6,8H,1-4H2,(H,14,15). The van der Waals surface area contributed by atoms with Crippen LogP contribution >= 0.6 is 0 Å². The van der Waals surface area contributed by atoms with Crippen LogP contribution in [0.4, 0.5) is 13.2 Å². The number of aromatic amines is 1. The van der Waals surface area contributed by atoms with Gasteiger partial charge in [0.2, 0.25) is 0 Å². The summed E-state index contributed by atoms with van der Waals surface area (Å²) in [6.45, 7) is 0.294. The molecule has 1 aromatic heterocycles. The van der Waals surface area contributed by atoms with E-state index in [9.17, 15) is 18.0 Å². The molecule has 4 nitrogen and oxygen atoms in total. The first-order valence-electron chi connectivity index (χ1n) is 5.33.